The molecular formula is C17H11Br2NO2. The second-order valence-corrected chi connectivity index (χ2v) is 6.46. The zero-order valence-electron chi connectivity index (χ0n) is 11.3. The number of halogens is 2. The minimum atomic E-state index is 0.169. The van der Waals surface area contributed by atoms with Crippen molar-refractivity contribution >= 4 is 54.9 Å². The normalized spacial score (nSPS) is 11.4. The molecule has 0 amide bonds. The first kappa shape index (κ1) is 15.1. The van der Waals surface area contributed by atoms with Gasteiger partial charge in [-0.3, -0.25) is 0 Å². The number of rotatable bonds is 2. The van der Waals surface area contributed by atoms with Crippen molar-refractivity contribution in [2.24, 2.45) is 0 Å². The van der Waals surface area contributed by atoms with Crippen LogP contribution < -0.4 is 0 Å². The molecule has 1 heterocycles. The van der Waals surface area contributed by atoms with Gasteiger partial charge in [0, 0.05) is 5.39 Å². The number of phenolic OH excluding ortho intramolecular Hbond substituents is 2. The van der Waals surface area contributed by atoms with Gasteiger partial charge in [-0.2, -0.15) is 0 Å². The zero-order chi connectivity index (χ0) is 15.7. The maximum Gasteiger partial charge on any atom is 0.143 e. The van der Waals surface area contributed by atoms with Gasteiger partial charge in [0.15, 0.2) is 0 Å². The smallest absolute Gasteiger partial charge is 0.143 e. The first-order chi connectivity index (χ1) is 10.5. The van der Waals surface area contributed by atoms with Crippen LogP contribution in [0.1, 0.15) is 11.3 Å². The van der Waals surface area contributed by atoms with E-state index in [0.29, 0.717) is 14.5 Å². The molecule has 22 heavy (non-hydrogen) atoms. The third-order valence-corrected chi connectivity index (χ3v) is 4.42. The van der Waals surface area contributed by atoms with E-state index in [1.54, 1.807) is 12.1 Å². The highest BCUT2D eigenvalue weighted by Gasteiger charge is 2.04. The second kappa shape index (κ2) is 6.10. The molecule has 0 unspecified atom stereocenters. The van der Waals surface area contributed by atoms with Crippen LogP contribution in [-0.2, 0) is 0 Å². The number of hydrogen-bond acceptors (Lipinski definition) is 3. The van der Waals surface area contributed by atoms with E-state index in [1.165, 1.54) is 0 Å². The highest BCUT2D eigenvalue weighted by molar-refractivity contribution is 9.11. The zero-order valence-corrected chi connectivity index (χ0v) is 14.5. The highest BCUT2D eigenvalue weighted by atomic mass is 79.9. The lowest BCUT2D eigenvalue weighted by atomic mass is 10.1. The van der Waals surface area contributed by atoms with Crippen molar-refractivity contribution in [3.05, 3.63) is 62.7 Å². The van der Waals surface area contributed by atoms with Gasteiger partial charge in [0.2, 0.25) is 0 Å². The molecule has 2 aromatic carbocycles. The Kier molecular flexibility index (Phi) is 4.18. The van der Waals surface area contributed by atoms with Crippen molar-refractivity contribution in [3.8, 4) is 11.5 Å². The minimum Gasteiger partial charge on any atom is -0.506 e. The summed E-state index contributed by atoms with van der Waals surface area (Å²) in [5, 5.41) is 20.5. The standard InChI is InChI=1S/C17H11Br2NO2/c18-13-8-10(9-14(19)17(13)22)4-6-12-7-5-11-2-1-3-15(21)16(11)20-12/h1-9,21-22H/b6-4-. The SMILES string of the molecule is Oc1c(Br)cc(/C=C\c2ccc3cccc(O)c3n2)cc1Br. The number of benzene rings is 2. The predicted molar refractivity (Wildman–Crippen MR) is 95.8 cm³/mol. The van der Waals surface area contributed by atoms with Gasteiger partial charge < -0.3 is 10.2 Å². The van der Waals surface area contributed by atoms with Gasteiger partial charge in [-0.15, -0.1) is 0 Å². The van der Waals surface area contributed by atoms with E-state index in [-0.39, 0.29) is 11.5 Å². The molecule has 0 aliphatic rings. The lowest BCUT2D eigenvalue weighted by molar-refractivity contribution is 0.468. The third kappa shape index (κ3) is 3.00. The van der Waals surface area contributed by atoms with Crippen LogP contribution in [-0.4, -0.2) is 15.2 Å². The fourth-order valence-electron chi connectivity index (χ4n) is 2.10. The molecule has 1 aromatic heterocycles. The van der Waals surface area contributed by atoms with Crippen molar-refractivity contribution < 1.29 is 10.2 Å². The maximum atomic E-state index is 9.86. The molecule has 3 rings (SSSR count). The summed E-state index contributed by atoms with van der Waals surface area (Å²) >= 11 is 6.61. The van der Waals surface area contributed by atoms with Crippen LogP contribution in [0.5, 0.6) is 11.5 Å². The van der Waals surface area contributed by atoms with Crippen molar-refractivity contribution in [2.75, 3.05) is 0 Å². The number of fused-ring (bicyclic) bond motifs is 1. The summed E-state index contributed by atoms with van der Waals surface area (Å²) in [5.41, 5.74) is 2.24. The molecule has 110 valence electrons. The van der Waals surface area contributed by atoms with Crippen molar-refractivity contribution in [1.29, 1.82) is 0 Å². The Balaban J connectivity index is 1.97. The number of phenols is 2. The van der Waals surface area contributed by atoms with Crippen LogP contribution in [0, 0.1) is 0 Å². The highest BCUT2D eigenvalue weighted by Crippen LogP contribution is 2.33. The van der Waals surface area contributed by atoms with Crippen molar-refractivity contribution in [1.82, 2.24) is 4.98 Å². The molecule has 0 saturated heterocycles. The molecule has 5 heteroatoms. The van der Waals surface area contributed by atoms with Gasteiger partial charge in [-0.1, -0.05) is 24.3 Å². The summed E-state index contributed by atoms with van der Waals surface area (Å²) in [5.74, 6) is 0.341. The lowest BCUT2D eigenvalue weighted by Gasteiger charge is -2.03. The molecule has 0 radical (unpaired) electrons. The number of para-hydroxylation sites is 1. The number of aromatic hydroxyl groups is 2. The summed E-state index contributed by atoms with van der Waals surface area (Å²) in [6, 6.07) is 12.8. The second-order valence-electron chi connectivity index (χ2n) is 4.75. The molecule has 0 aliphatic carbocycles. The van der Waals surface area contributed by atoms with E-state index in [4.69, 9.17) is 0 Å². The van der Waals surface area contributed by atoms with Gasteiger partial charge in [-0.05, 0) is 67.8 Å². The average Bonchev–Trinajstić information content (AvgIpc) is 2.51. The maximum absolute atomic E-state index is 9.86. The van der Waals surface area contributed by atoms with Crippen LogP contribution in [0.2, 0.25) is 0 Å². The quantitative estimate of drug-likeness (QED) is 0.588. The fourth-order valence-corrected chi connectivity index (χ4v) is 3.32. The van der Waals surface area contributed by atoms with Crippen molar-refractivity contribution in [3.63, 3.8) is 0 Å². The molecule has 0 bridgehead atoms. The van der Waals surface area contributed by atoms with Gasteiger partial charge in [0.1, 0.15) is 17.0 Å². The third-order valence-electron chi connectivity index (χ3n) is 3.21. The molecule has 0 aliphatic heterocycles. The fraction of sp³-hybridized carbons (Fsp3) is 0. The van der Waals surface area contributed by atoms with E-state index in [2.05, 4.69) is 36.8 Å². The topological polar surface area (TPSA) is 53.4 Å². The Bertz CT molecular complexity index is 868. The van der Waals surface area contributed by atoms with Crippen molar-refractivity contribution in [2.45, 2.75) is 0 Å². The number of aromatic nitrogens is 1. The summed E-state index contributed by atoms with van der Waals surface area (Å²) in [6.45, 7) is 0. The Morgan fingerprint density at radius 1 is 0.909 bits per heavy atom. The van der Waals surface area contributed by atoms with E-state index in [0.717, 1.165) is 16.6 Å². The largest absolute Gasteiger partial charge is 0.506 e. The number of hydrogen-bond donors (Lipinski definition) is 2. The molecule has 0 fully saturated rings. The van der Waals surface area contributed by atoms with E-state index in [1.807, 2.05) is 42.5 Å². The Morgan fingerprint density at radius 2 is 1.64 bits per heavy atom. The van der Waals surface area contributed by atoms with E-state index >= 15 is 0 Å². The first-order valence-corrected chi connectivity index (χ1v) is 8.08. The minimum absolute atomic E-state index is 0.169. The van der Waals surface area contributed by atoms with Gasteiger partial charge >= 0.3 is 0 Å². The van der Waals surface area contributed by atoms with Crippen LogP contribution in [0.15, 0.2) is 51.4 Å². The van der Waals surface area contributed by atoms with Gasteiger partial charge in [0.05, 0.1) is 14.6 Å². The summed E-state index contributed by atoms with van der Waals surface area (Å²) in [4.78, 5) is 4.44. The lowest BCUT2D eigenvalue weighted by Crippen LogP contribution is -1.84. The molecule has 2 N–H and O–H groups in total. The Morgan fingerprint density at radius 3 is 2.36 bits per heavy atom. The monoisotopic (exact) mass is 419 g/mol. The predicted octanol–water partition coefficient (Wildman–Crippen LogP) is 5.34. The Labute approximate surface area is 144 Å². The summed E-state index contributed by atoms with van der Waals surface area (Å²) in [6.07, 6.45) is 3.75. The molecule has 0 atom stereocenters. The molecule has 3 aromatic rings. The van der Waals surface area contributed by atoms with Crippen LogP contribution in [0.3, 0.4) is 0 Å². The van der Waals surface area contributed by atoms with Crippen LogP contribution in [0.25, 0.3) is 23.1 Å². The van der Waals surface area contributed by atoms with Gasteiger partial charge in [-0.25, -0.2) is 4.98 Å². The van der Waals surface area contributed by atoms with Crippen LogP contribution >= 0.6 is 31.9 Å². The number of nitrogens with zero attached hydrogens (tertiary/aromatic N) is 1. The number of pyridine rings is 1. The molecule has 0 spiro atoms. The Hall–Kier alpha value is -1.85. The summed E-state index contributed by atoms with van der Waals surface area (Å²) < 4.78 is 1.23. The van der Waals surface area contributed by atoms with E-state index < -0.39 is 0 Å². The first-order valence-electron chi connectivity index (χ1n) is 6.49. The molecule has 3 nitrogen and oxygen atoms in total. The van der Waals surface area contributed by atoms with Gasteiger partial charge in [0.25, 0.3) is 0 Å². The molecular weight excluding hydrogens is 410 g/mol. The summed E-state index contributed by atoms with van der Waals surface area (Å²) in [7, 11) is 0. The molecule has 0 saturated carbocycles. The van der Waals surface area contributed by atoms with Crippen LogP contribution in [0.4, 0.5) is 0 Å². The average molecular weight is 421 g/mol. The van der Waals surface area contributed by atoms with E-state index in [9.17, 15) is 10.2 Å².